The van der Waals surface area contributed by atoms with Gasteiger partial charge in [-0.2, -0.15) is 0 Å². The molecule has 0 bridgehead atoms. The van der Waals surface area contributed by atoms with Gasteiger partial charge in [-0.3, -0.25) is 4.79 Å². The van der Waals surface area contributed by atoms with Crippen LogP contribution in [-0.4, -0.2) is 63.6 Å². The molecule has 1 rings (SSSR count). The summed E-state index contributed by atoms with van der Waals surface area (Å²) in [7, 11) is 0. The monoisotopic (exact) mass is 227 g/mol. The second-order valence-corrected chi connectivity index (χ2v) is 3.46. The molecule has 7 nitrogen and oxygen atoms in total. The first-order valence-electron chi connectivity index (χ1n) is 4.55. The van der Waals surface area contributed by atoms with Crippen molar-refractivity contribution in [2.45, 2.75) is 37.6 Å². The standard InChI is InChI=1S/C8H15NO6/c1-3(11)9-5-7(13)6(12)4(2-10)15-8(5)14/h4-8,10,12-14H,2H2,1H3,(H,9,11)/p+6/t4-,5-,6-,7-,8-/m1/s1. The van der Waals surface area contributed by atoms with Gasteiger partial charge in [0.05, 0.1) is 6.61 Å². The van der Waals surface area contributed by atoms with Crippen molar-refractivity contribution in [3.05, 3.63) is 0 Å². The zero-order valence-corrected chi connectivity index (χ0v) is 8.20. The number of aliphatic hydroxyl groups is 4. The van der Waals surface area contributed by atoms with E-state index in [1.165, 1.54) is 6.92 Å². The van der Waals surface area contributed by atoms with Crippen LogP contribution >= 0.6 is 0 Å². The summed E-state index contributed by atoms with van der Waals surface area (Å²) in [5, 5.41) is 39.4. The fourth-order valence-corrected chi connectivity index (χ4v) is 1.49. The molecule has 0 saturated carbocycles. The molecule has 7 heteroatoms. The highest BCUT2D eigenvalue weighted by Gasteiger charge is 2.43. The predicted octanol–water partition coefficient (Wildman–Crippen LogP) is -2.40. The van der Waals surface area contributed by atoms with Crippen molar-refractivity contribution in [3.8, 4) is 0 Å². The lowest BCUT2D eigenvalue weighted by atomic mass is 9.97. The van der Waals surface area contributed by atoms with Crippen LogP contribution in [-0.2, 0) is 9.53 Å². The molecule has 1 aliphatic heterocycles. The molecular formula is C8H21NO6+6. The van der Waals surface area contributed by atoms with Crippen molar-refractivity contribution in [1.29, 1.82) is 0 Å². The molecule has 5 N–H and O–H groups in total. The summed E-state index contributed by atoms with van der Waals surface area (Å²) in [6.07, 6.45) is -5.24. The molecule has 0 aromatic rings. The number of nitrogens with one attached hydrogen (secondary N) is 1. The fourth-order valence-electron chi connectivity index (χ4n) is 1.49. The number of amides is 1. The van der Waals surface area contributed by atoms with E-state index in [0.29, 0.717) is 0 Å². The molecule has 88 valence electrons. The minimum absolute atomic E-state index is 0. The van der Waals surface area contributed by atoms with E-state index < -0.39 is 43.2 Å². The van der Waals surface area contributed by atoms with Gasteiger partial charge in [0.1, 0.15) is 24.4 Å². The number of hydrogen-bond donors (Lipinski definition) is 5. The predicted molar refractivity (Wildman–Crippen MR) is 54.3 cm³/mol. The second-order valence-electron chi connectivity index (χ2n) is 3.46. The second kappa shape index (κ2) is 4.86. The zero-order valence-electron chi connectivity index (χ0n) is 14.2. The molecule has 0 spiro atoms. The number of ether oxygens (including phenoxy) is 1. The topological polar surface area (TPSA) is 119 Å². The van der Waals surface area contributed by atoms with Crippen molar-refractivity contribution in [1.82, 2.24) is 5.32 Å². The summed E-state index contributed by atoms with van der Waals surface area (Å²) >= 11 is 0. The molecule has 15 heavy (non-hydrogen) atoms. The molecular weight excluding hydrogens is 206 g/mol. The maximum Gasteiger partial charge on any atom is 1.00 e. The summed E-state index contributed by atoms with van der Waals surface area (Å²) < 4.78 is 4.81. The Kier molecular flexibility index (Phi) is 4.00. The van der Waals surface area contributed by atoms with E-state index in [1.807, 2.05) is 0 Å². The van der Waals surface area contributed by atoms with E-state index in [0.717, 1.165) is 0 Å². The molecule has 1 saturated heterocycles. The zero-order chi connectivity index (χ0) is 11.6. The Labute approximate surface area is 95.2 Å². The van der Waals surface area contributed by atoms with Gasteiger partial charge < -0.3 is 30.5 Å². The van der Waals surface area contributed by atoms with Crippen LogP contribution in [0.2, 0.25) is 0 Å². The number of rotatable bonds is 2. The Bertz CT molecular complexity index is 253. The smallest absolute Gasteiger partial charge is 0.394 e. The van der Waals surface area contributed by atoms with Gasteiger partial charge in [-0.25, -0.2) is 0 Å². The highest BCUT2D eigenvalue weighted by atomic mass is 16.6. The Morgan fingerprint density at radius 2 is 2.00 bits per heavy atom. The quantitative estimate of drug-likeness (QED) is 0.359. The molecule has 5 atom stereocenters. The Morgan fingerprint density at radius 3 is 2.47 bits per heavy atom. The molecule has 0 aliphatic carbocycles. The van der Waals surface area contributed by atoms with Crippen LogP contribution in [0.25, 0.3) is 0 Å². The van der Waals surface area contributed by atoms with E-state index >= 15 is 0 Å². The van der Waals surface area contributed by atoms with Crippen LogP contribution in [0.4, 0.5) is 0 Å². The van der Waals surface area contributed by atoms with Crippen LogP contribution in [0.5, 0.6) is 0 Å². The van der Waals surface area contributed by atoms with Crippen LogP contribution in [0.1, 0.15) is 15.5 Å². The maximum absolute atomic E-state index is 10.7. The Hall–Kier alpha value is -0.730. The lowest BCUT2D eigenvalue weighted by Gasteiger charge is -2.40. The molecule has 1 amide bonds. The molecule has 1 fully saturated rings. The maximum atomic E-state index is 10.7. The Morgan fingerprint density at radius 1 is 1.40 bits per heavy atom. The van der Waals surface area contributed by atoms with Crippen LogP contribution in [0.15, 0.2) is 0 Å². The summed E-state index contributed by atoms with van der Waals surface area (Å²) in [5.74, 6) is -0.462. The molecule has 0 aromatic carbocycles. The van der Waals surface area contributed by atoms with Gasteiger partial charge in [0.2, 0.25) is 5.91 Å². The van der Waals surface area contributed by atoms with Gasteiger partial charge in [-0.15, -0.1) is 0 Å². The minimum atomic E-state index is -1.45. The Balaban J connectivity index is -0.0000000937. The summed E-state index contributed by atoms with van der Waals surface area (Å²) in [6, 6.07) is -1.10. The van der Waals surface area contributed by atoms with Crippen molar-refractivity contribution in [3.63, 3.8) is 0 Å². The van der Waals surface area contributed by atoms with Crippen molar-refractivity contribution >= 4 is 5.91 Å². The van der Waals surface area contributed by atoms with E-state index in [9.17, 15) is 20.1 Å². The lowest BCUT2D eigenvalue weighted by molar-refractivity contribution is -0.253. The van der Waals surface area contributed by atoms with E-state index in [1.54, 1.807) is 0 Å². The summed E-state index contributed by atoms with van der Waals surface area (Å²) in [5.41, 5.74) is 0. The summed E-state index contributed by atoms with van der Waals surface area (Å²) in [6.45, 7) is 0.687. The van der Waals surface area contributed by atoms with E-state index in [-0.39, 0.29) is 8.56 Å². The molecule has 1 heterocycles. The van der Waals surface area contributed by atoms with Gasteiger partial charge >= 0.3 is 8.56 Å². The first kappa shape index (κ1) is 12.3. The van der Waals surface area contributed by atoms with Crippen molar-refractivity contribution in [2.24, 2.45) is 0 Å². The lowest BCUT2D eigenvalue weighted by Crippen LogP contribution is -2.63. The highest BCUT2D eigenvalue weighted by Crippen LogP contribution is 2.19. The summed E-state index contributed by atoms with van der Waals surface area (Å²) in [4.78, 5) is 10.7. The minimum Gasteiger partial charge on any atom is -0.394 e. The normalized spacial score (nSPS) is 41.3. The van der Waals surface area contributed by atoms with Crippen LogP contribution in [0, 0.1) is 0 Å². The van der Waals surface area contributed by atoms with E-state index in [2.05, 4.69) is 5.32 Å². The third-order valence-corrected chi connectivity index (χ3v) is 2.27. The van der Waals surface area contributed by atoms with Gasteiger partial charge in [-0.05, 0) is 0 Å². The third-order valence-electron chi connectivity index (χ3n) is 2.27. The molecule has 0 unspecified atom stereocenters. The number of aliphatic hydroxyl groups excluding tert-OH is 4. The van der Waals surface area contributed by atoms with Crippen molar-refractivity contribution in [2.75, 3.05) is 6.61 Å². The third kappa shape index (κ3) is 2.64. The SMILES string of the molecule is CC(=O)N[C@@H]1[C@@H](O)[C@H](O)[C@@H](CO)O[C@H]1O.[H+].[H+].[H+].[H+].[H+].[H+]. The van der Waals surface area contributed by atoms with Gasteiger partial charge in [0, 0.05) is 6.92 Å². The van der Waals surface area contributed by atoms with E-state index in [4.69, 9.17) is 9.84 Å². The number of carbonyl (C=O) groups is 1. The average Bonchev–Trinajstić information content (AvgIpc) is 2.18. The first-order chi connectivity index (χ1) is 6.97. The van der Waals surface area contributed by atoms with Crippen LogP contribution in [0.3, 0.4) is 0 Å². The molecule has 0 aromatic heterocycles. The first-order valence-corrected chi connectivity index (χ1v) is 4.55. The van der Waals surface area contributed by atoms with Gasteiger partial charge in [0.25, 0.3) is 0 Å². The van der Waals surface area contributed by atoms with Gasteiger partial charge in [0.15, 0.2) is 6.29 Å². The van der Waals surface area contributed by atoms with Crippen molar-refractivity contribution < 1.29 is 38.5 Å². The highest BCUT2D eigenvalue weighted by molar-refractivity contribution is 5.73. The van der Waals surface area contributed by atoms with Gasteiger partial charge in [-0.1, -0.05) is 0 Å². The average molecular weight is 227 g/mol. The largest absolute Gasteiger partial charge is 1.00 e. The number of hydrogen-bond acceptors (Lipinski definition) is 6. The fraction of sp³-hybridized carbons (Fsp3) is 0.875. The van der Waals surface area contributed by atoms with Crippen LogP contribution < -0.4 is 5.32 Å². The molecule has 0 radical (unpaired) electrons. The number of carbonyl (C=O) groups excluding carboxylic acids is 1. The molecule has 1 aliphatic rings.